The van der Waals surface area contributed by atoms with Gasteiger partial charge in [-0.3, -0.25) is 0 Å². The van der Waals surface area contributed by atoms with Crippen molar-refractivity contribution in [3.8, 4) is 0 Å². The fourth-order valence-corrected chi connectivity index (χ4v) is 7.83. The monoisotopic (exact) mass is 266 g/mol. The fourth-order valence-electron chi connectivity index (χ4n) is 7.83. The first-order valence-electron chi connectivity index (χ1n) is 9.34. The Kier molecular flexibility index (Phi) is 2.01. The van der Waals surface area contributed by atoms with Gasteiger partial charge in [-0.25, -0.2) is 0 Å². The molecule has 8 atom stereocenters. The van der Waals surface area contributed by atoms with Crippen molar-refractivity contribution in [2.45, 2.75) is 51.4 Å². The van der Waals surface area contributed by atoms with Crippen LogP contribution < -0.4 is 0 Å². The van der Waals surface area contributed by atoms with E-state index in [1.807, 2.05) is 11.1 Å². The molecule has 0 heteroatoms. The van der Waals surface area contributed by atoms with Gasteiger partial charge in [0.1, 0.15) is 0 Å². The van der Waals surface area contributed by atoms with E-state index >= 15 is 0 Å². The second-order valence-electron chi connectivity index (χ2n) is 8.77. The molecule has 6 rings (SSSR count). The minimum atomic E-state index is 0.987. The first kappa shape index (κ1) is 11.1. The van der Waals surface area contributed by atoms with E-state index in [1.54, 1.807) is 25.7 Å². The van der Waals surface area contributed by atoms with Gasteiger partial charge in [0, 0.05) is 0 Å². The summed E-state index contributed by atoms with van der Waals surface area (Å²) in [6.07, 6.45) is 17.9. The van der Waals surface area contributed by atoms with E-state index in [-0.39, 0.29) is 0 Å². The second kappa shape index (κ2) is 3.62. The van der Waals surface area contributed by atoms with E-state index in [0.717, 1.165) is 47.3 Å². The van der Waals surface area contributed by atoms with Crippen molar-refractivity contribution in [2.24, 2.45) is 47.3 Å². The van der Waals surface area contributed by atoms with Crippen molar-refractivity contribution >= 4 is 0 Å². The highest BCUT2D eigenvalue weighted by atomic mass is 14.6. The Bertz CT molecular complexity index is 476. The van der Waals surface area contributed by atoms with Crippen LogP contribution in [0.15, 0.2) is 23.3 Å². The van der Waals surface area contributed by atoms with E-state index < -0.39 is 0 Å². The van der Waals surface area contributed by atoms with Gasteiger partial charge >= 0.3 is 0 Å². The summed E-state index contributed by atoms with van der Waals surface area (Å²) in [5.74, 6) is 8.36. The Morgan fingerprint density at radius 3 is 1.50 bits per heavy atom. The number of hydrogen-bond donors (Lipinski definition) is 0. The van der Waals surface area contributed by atoms with Gasteiger partial charge in [0.2, 0.25) is 0 Å². The van der Waals surface area contributed by atoms with Crippen molar-refractivity contribution in [3.05, 3.63) is 23.3 Å². The van der Waals surface area contributed by atoms with Gasteiger partial charge in [-0.05, 0) is 110 Å². The summed E-state index contributed by atoms with van der Waals surface area (Å²) < 4.78 is 0. The molecule has 0 radical (unpaired) electrons. The first-order valence-corrected chi connectivity index (χ1v) is 9.34. The average molecular weight is 266 g/mol. The summed E-state index contributed by atoms with van der Waals surface area (Å²) in [7, 11) is 0. The SMILES string of the molecule is C1=C(C2=C[C@@H]3CC[C@H]4CC[C@@H]2[C@H]43)[C@@H]2CC[C@H]3CC[C@@H]1[C@@H]32. The number of hydrogen-bond acceptors (Lipinski definition) is 0. The first-order chi connectivity index (χ1) is 9.90. The quantitative estimate of drug-likeness (QED) is 0.628. The zero-order valence-corrected chi connectivity index (χ0v) is 12.4. The van der Waals surface area contributed by atoms with Crippen molar-refractivity contribution in [3.63, 3.8) is 0 Å². The van der Waals surface area contributed by atoms with Gasteiger partial charge in [-0.1, -0.05) is 12.2 Å². The molecule has 4 saturated carbocycles. The lowest BCUT2D eigenvalue weighted by Crippen LogP contribution is -2.15. The summed E-state index contributed by atoms with van der Waals surface area (Å²) in [5.41, 5.74) is 3.78. The lowest BCUT2D eigenvalue weighted by atomic mass is 9.82. The van der Waals surface area contributed by atoms with Crippen LogP contribution in [0.3, 0.4) is 0 Å². The lowest BCUT2D eigenvalue weighted by molar-refractivity contribution is 0.356. The Labute approximate surface area is 122 Å². The molecule has 106 valence electrons. The Hall–Kier alpha value is -0.520. The molecule has 0 heterocycles. The van der Waals surface area contributed by atoms with Crippen molar-refractivity contribution in [1.29, 1.82) is 0 Å². The van der Waals surface area contributed by atoms with Gasteiger partial charge in [-0.2, -0.15) is 0 Å². The van der Waals surface area contributed by atoms with Gasteiger partial charge in [0.25, 0.3) is 0 Å². The molecule has 0 aromatic heterocycles. The largest absolute Gasteiger partial charge is 0.0773 e. The summed E-state index contributed by atoms with van der Waals surface area (Å²) in [6, 6.07) is 0. The maximum absolute atomic E-state index is 2.79. The standard InChI is InChI=1S/C20H26/c1-3-13-9-17(15-7-5-11(1)19(13)15)18-10-14-4-2-12-6-8-16(18)20(12)14/h9-16,19-20H,1-8H2/t11-,12+,13-,14-,15-,16-,19+,20+/m0/s1. The van der Waals surface area contributed by atoms with E-state index in [9.17, 15) is 0 Å². The molecule has 0 amide bonds. The molecule has 0 N–H and O–H groups in total. The highest BCUT2D eigenvalue weighted by Gasteiger charge is 2.54. The zero-order chi connectivity index (χ0) is 12.8. The van der Waals surface area contributed by atoms with Crippen LogP contribution in [-0.4, -0.2) is 0 Å². The van der Waals surface area contributed by atoms with Crippen molar-refractivity contribution in [1.82, 2.24) is 0 Å². The van der Waals surface area contributed by atoms with E-state index in [4.69, 9.17) is 0 Å². The van der Waals surface area contributed by atoms with Gasteiger partial charge < -0.3 is 0 Å². The lowest BCUT2D eigenvalue weighted by Gasteiger charge is -2.22. The highest BCUT2D eigenvalue weighted by molar-refractivity contribution is 5.45. The third-order valence-corrected chi connectivity index (χ3v) is 8.36. The molecular weight excluding hydrogens is 240 g/mol. The molecule has 0 unspecified atom stereocenters. The molecule has 0 spiro atoms. The Morgan fingerprint density at radius 1 is 0.550 bits per heavy atom. The third-order valence-electron chi connectivity index (χ3n) is 8.36. The molecular formula is C20H26. The van der Waals surface area contributed by atoms with Gasteiger partial charge in [-0.15, -0.1) is 0 Å². The smallest absolute Gasteiger partial charge is 0.0126 e. The predicted octanol–water partition coefficient (Wildman–Crippen LogP) is 4.97. The van der Waals surface area contributed by atoms with Gasteiger partial charge in [0.15, 0.2) is 0 Å². The maximum Gasteiger partial charge on any atom is -0.0126 e. The van der Waals surface area contributed by atoms with E-state index in [0.29, 0.717) is 0 Å². The summed E-state index contributed by atoms with van der Waals surface area (Å²) in [6.45, 7) is 0. The summed E-state index contributed by atoms with van der Waals surface area (Å²) in [4.78, 5) is 0. The molecule has 0 aromatic rings. The molecule has 4 fully saturated rings. The van der Waals surface area contributed by atoms with Crippen LogP contribution in [0, 0.1) is 47.3 Å². The fraction of sp³-hybridized carbons (Fsp3) is 0.800. The van der Waals surface area contributed by atoms with Crippen molar-refractivity contribution in [2.75, 3.05) is 0 Å². The Morgan fingerprint density at radius 2 is 1.00 bits per heavy atom. The molecule has 0 aliphatic heterocycles. The van der Waals surface area contributed by atoms with E-state index in [2.05, 4.69) is 12.2 Å². The minimum Gasteiger partial charge on any atom is -0.0773 e. The number of rotatable bonds is 1. The van der Waals surface area contributed by atoms with Crippen LogP contribution in [0.1, 0.15) is 51.4 Å². The number of allylic oxidation sites excluding steroid dienone is 4. The second-order valence-corrected chi connectivity index (χ2v) is 8.77. The molecule has 6 aliphatic carbocycles. The molecule has 0 saturated heterocycles. The van der Waals surface area contributed by atoms with Crippen LogP contribution in [0.2, 0.25) is 0 Å². The van der Waals surface area contributed by atoms with Crippen LogP contribution in [0.4, 0.5) is 0 Å². The van der Waals surface area contributed by atoms with Crippen LogP contribution in [0.5, 0.6) is 0 Å². The molecule has 20 heavy (non-hydrogen) atoms. The van der Waals surface area contributed by atoms with E-state index in [1.165, 1.54) is 25.7 Å². The molecule has 0 nitrogen and oxygen atoms in total. The Balaban J connectivity index is 1.41. The zero-order valence-electron chi connectivity index (χ0n) is 12.4. The van der Waals surface area contributed by atoms with Crippen molar-refractivity contribution < 1.29 is 0 Å². The maximum atomic E-state index is 2.79. The van der Waals surface area contributed by atoms with Crippen LogP contribution in [-0.2, 0) is 0 Å². The molecule has 6 aliphatic rings. The average Bonchev–Trinajstić information content (AvgIpc) is 3.18. The summed E-state index contributed by atoms with van der Waals surface area (Å²) in [5, 5.41) is 0. The molecule has 0 aromatic carbocycles. The predicted molar refractivity (Wildman–Crippen MR) is 81.0 cm³/mol. The summed E-state index contributed by atoms with van der Waals surface area (Å²) >= 11 is 0. The topological polar surface area (TPSA) is 0 Å². The third kappa shape index (κ3) is 1.18. The highest BCUT2D eigenvalue weighted by Crippen LogP contribution is 2.64. The normalized spacial score (nSPS) is 58.0. The van der Waals surface area contributed by atoms with Crippen LogP contribution in [0.25, 0.3) is 0 Å². The van der Waals surface area contributed by atoms with Crippen LogP contribution >= 0.6 is 0 Å². The van der Waals surface area contributed by atoms with Gasteiger partial charge in [0.05, 0.1) is 0 Å². The minimum absolute atomic E-state index is 0.987. The molecule has 0 bridgehead atoms.